The lowest BCUT2D eigenvalue weighted by molar-refractivity contribution is -0.139. The number of methoxy groups -OCH3 is 1. The maximum atomic E-state index is 11.7. The number of furan rings is 1. The Labute approximate surface area is 151 Å². The van der Waals surface area contributed by atoms with Gasteiger partial charge in [-0.1, -0.05) is 5.16 Å². The van der Waals surface area contributed by atoms with Crippen LogP contribution in [0.5, 0.6) is 5.75 Å². The van der Waals surface area contributed by atoms with Crippen LogP contribution in [0.15, 0.2) is 56.1 Å². The highest BCUT2D eigenvalue weighted by Gasteiger charge is 2.10. The Hall–Kier alpha value is -2.87. The van der Waals surface area contributed by atoms with E-state index in [2.05, 4.69) is 26.1 Å². The number of esters is 1. The molecule has 0 amide bonds. The second-order valence-corrected chi connectivity index (χ2v) is 5.60. The van der Waals surface area contributed by atoms with Crippen molar-refractivity contribution in [3.63, 3.8) is 0 Å². The van der Waals surface area contributed by atoms with Gasteiger partial charge in [0.05, 0.1) is 7.11 Å². The number of ether oxygens (including phenoxy) is 2. The monoisotopic (exact) mass is 404 g/mol. The number of nitrogens with zero attached hydrogens (tertiary/aromatic N) is 2. The highest BCUT2D eigenvalue weighted by Crippen LogP contribution is 2.20. The smallest absolute Gasteiger partial charge is 0.331 e. The van der Waals surface area contributed by atoms with Crippen molar-refractivity contribution in [2.24, 2.45) is 0 Å². The van der Waals surface area contributed by atoms with E-state index in [-0.39, 0.29) is 12.5 Å². The summed E-state index contributed by atoms with van der Waals surface area (Å²) in [4.78, 5) is 15.9. The van der Waals surface area contributed by atoms with Gasteiger partial charge in [0, 0.05) is 11.6 Å². The van der Waals surface area contributed by atoms with Crippen molar-refractivity contribution < 1.29 is 23.2 Å². The Balaban J connectivity index is 1.55. The van der Waals surface area contributed by atoms with Gasteiger partial charge in [-0.15, -0.1) is 0 Å². The molecule has 0 aliphatic carbocycles. The van der Waals surface area contributed by atoms with Gasteiger partial charge >= 0.3 is 5.97 Å². The maximum absolute atomic E-state index is 11.7. The van der Waals surface area contributed by atoms with Gasteiger partial charge in [0.15, 0.2) is 11.3 Å². The molecular weight excluding hydrogens is 392 g/mol. The van der Waals surface area contributed by atoms with Crippen molar-refractivity contribution in [3.8, 4) is 17.1 Å². The molecule has 1 aromatic carbocycles. The number of carbonyl (C=O) groups excluding carboxylic acids is 1. The van der Waals surface area contributed by atoms with Crippen molar-refractivity contribution >= 4 is 28.0 Å². The molecule has 0 saturated carbocycles. The van der Waals surface area contributed by atoms with Gasteiger partial charge in [-0.25, -0.2) is 4.79 Å². The topological polar surface area (TPSA) is 87.6 Å². The van der Waals surface area contributed by atoms with Crippen molar-refractivity contribution in [3.05, 3.63) is 58.8 Å². The molecule has 3 aromatic rings. The Morgan fingerprint density at radius 2 is 2.04 bits per heavy atom. The van der Waals surface area contributed by atoms with Gasteiger partial charge in [-0.3, -0.25) is 0 Å². The van der Waals surface area contributed by atoms with Crippen LogP contribution in [-0.4, -0.2) is 23.2 Å². The fourth-order valence-corrected chi connectivity index (χ4v) is 2.24. The molecule has 0 atom stereocenters. The van der Waals surface area contributed by atoms with E-state index in [1.165, 1.54) is 12.2 Å². The zero-order chi connectivity index (χ0) is 17.6. The highest BCUT2D eigenvalue weighted by molar-refractivity contribution is 9.10. The molecule has 2 heterocycles. The van der Waals surface area contributed by atoms with Crippen molar-refractivity contribution in [1.29, 1.82) is 0 Å². The van der Waals surface area contributed by atoms with Gasteiger partial charge in [-0.2, -0.15) is 4.98 Å². The molecule has 7 nitrogen and oxygen atoms in total. The van der Waals surface area contributed by atoms with Crippen molar-refractivity contribution in [1.82, 2.24) is 10.1 Å². The molecule has 0 unspecified atom stereocenters. The molecule has 8 heteroatoms. The third kappa shape index (κ3) is 4.57. The minimum Gasteiger partial charge on any atom is -0.497 e. The van der Waals surface area contributed by atoms with Crippen LogP contribution in [0.4, 0.5) is 0 Å². The lowest BCUT2D eigenvalue weighted by Gasteiger charge is -1.99. The minimum absolute atomic E-state index is 0.117. The van der Waals surface area contributed by atoms with E-state index in [1.54, 1.807) is 31.4 Å². The third-order valence-electron chi connectivity index (χ3n) is 3.13. The van der Waals surface area contributed by atoms with Crippen molar-refractivity contribution in [2.75, 3.05) is 7.11 Å². The number of rotatable bonds is 6. The quantitative estimate of drug-likeness (QED) is 0.455. The summed E-state index contributed by atoms with van der Waals surface area (Å²) in [6.45, 7) is -0.117. The SMILES string of the molecule is COc1ccc(-c2noc(COC(=O)/C=C/c3ccc(Br)o3)n2)cc1. The normalized spacial score (nSPS) is 11.0. The molecule has 0 spiro atoms. The second-order valence-electron chi connectivity index (χ2n) is 4.82. The molecule has 0 aliphatic rings. The first kappa shape index (κ1) is 17.0. The fraction of sp³-hybridized carbons (Fsp3) is 0.118. The number of halogens is 1. The molecule has 0 fully saturated rings. The first-order chi connectivity index (χ1) is 12.1. The van der Waals surface area contributed by atoms with E-state index in [4.69, 9.17) is 18.4 Å². The summed E-state index contributed by atoms with van der Waals surface area (Å²) in [5.41, 5.74) is 0.769. The van der Waals surface area contributed by atoms with E-state index in [0.29, 0.717) is 16.3 Å². The summed E-state index contributed by atoms with van der Waals surface area (Å²) in [7, 11) is 1.59. The first-order valence-electron chi connectivity index (χ1n) is 7.21. The standard InChI is InChI=1S/C17H13BrN2O5/c1-22-12-4-2-11(3-5-12)17-19-15(25-20-17)10-23-16(21)9-7-13-6-8-14(18)24-13/h2-9H,10H2,1H3/b9-7+. The number of hydrogen-bond acceptors (Lipinski definition) is 7. The average molecular weight is 405 g/mol. The summed E-state index contributed by atoms with van der Waals surface area (Å²) in [6, 6.07) is 10.6. The third-order valence-corrected chi connectivity index (χ3v) is 3.56. The van der Waals surface area contributed by atoms with Gasteiger partial charge in [-0.05, 0) is 58.4 Å². The van der Waals surface area contributed by atoms with Crippen LogP contribution < -0.4 is 4.74 Å². The number of benzene rings is 1. The molecule has 128 valence electrons. The summed E-state index contributed by atoms with van der Waals surface area (Å²) >= 11 is 3.18. The molecule has 0 bridgehead atoms. The van der Waals surface area contributed by atoms with Crippen LogP contribution in [0.2, 0.25) is 0 Å². The molecule has 0 radical (unpaired) electrons. The number of aromatic nitrogens is 2. The van der Waals surface area contributed by atoms with Gasteiger partial charge < -0.3 is 18.4 Å². The molecular formula is C17H13BrN2O5. The van der Waals surface area contributed by atoms with Crippen LogP contribution in [0.25, 0.3) is 17.5 Å². The van der Waals surface area contributed by atoms with Crippen LogP contribution >= 0.6 is 15.9 Å². The van der Waals surface area contributed by atoms with Crippen molar-refractivity contribution in [2.45, 2.75) is 6.61 Å². The molecule has 3 rings (SSSR count). The Kier molecular flexibility index (Phi) is 5.30. The number of hydrogen-bond donors (Lipinski definition) is 0. The maximum Gasteiger partial charge on any atom is 0.331 e. The van der Waals surface area contributed by atoms with E-state index in [9.17, 15) is 4.79 Å². The molecule has 25 heavy (non-hydrogen) atoms. The minimum atomic E-state index is -0.545. The van der Waals surface area contributed by atoms with Crippen LogP contribution in [0.1, 0.15) is 11.7 Å². The van der Waals surface area contributed by atoms with Gasteiger partial charge in [0.1, 0.15) is 11.5 Å². The van der Waals surface area contributed by atoms with E-state index >= 15 is 0 Å². The van der Waals surface area contributed by atoms with Crippen LogP contribution in [0.3, 0.4) is 0 Å². The molecule has 0 aliphatic heterocycles. The Morgan fingerprint density at radius 3 is 2.72 bits per heavy atom. The predicted molar refractivity (Wildman–Crippen MR) is 91.5 cm³/mol. The van der Waals surface area contributed by atoms with E-state index in [0.717, 1.165) is 11.3 Å². The lowest BCUT2D eigenvalue weighted by Crippen LogP contribution is -2.00. The molecule has 0 N–H and O–H groups in total. The molecule has 2 aromatic heterocycles. The van der Waals surface area contributed by atoms with Crippen LogP contribution in [0, 0.1) is 0 Å². The largest absolute Gasteiger partial charge is 0.497 e. The van der Waals surface area contributed by atoms with Gasteiger partial charge in [0.2, 0.25) is 5.82 Å². The first-order valence-corrected chi connectivity index (χ1v) is 8.00. The van der Waals surface area contributed by atoms with E-state index in [1.807, 2.05) is 12.1 Å². The summed E-state index contributed by atoms with van der Waals surface area (Å²) in [5.74, 6) is 1.33. The lowest BCUT2D eigenvalue weighted by atomic mass is 10.2. The van der Waals surface area contributed by atoms with Gasteiger partial charge in [0.25, 0.3) is 5.89 Å². The summed E-state index contributed by atoms with van der Waals surface area (Å²) < 4.78 is 21.0. The predicted octanol–water partition coefficient (Wildman–Crippen LogP) is 3.86. The Morgan fingerprint density at radius 1 is 1.24 bits per heavy atom. The zero-order valence-electron chi connectivity index (χ0n) is 13.1. The highest BCUT2D eigenvalue weighted by atomic mass is 79.9. The van der Waals surface area contributed by atoms with Crippen LogP contribution in [-0.2, 0) is 16.1 Å². The summed E-state index contributed by atoms with van der Waals surface area (Å²) in [6.07, 6.45) is 2.76. The van der Waals surface area contributed by atoms with E-state index < -0.39 is 5.97 Å². The Bertz CT molecular complexity index is 883. The molecule has 0 saturated heterocycles. The zero-order valence-corrected chi connectivity index (χ0v) is 14.7. The fourth-order valence-electron chi connectivity index (χ4n) is 1.92. The summed E-state index contributed by atoms with van der Waals surface area (Å²) in [5, 5.41) is 3.86. The number of carbonyl (C=O) groups is 1. The second kappa shape index (κ2) is 7.80. The average Bonchev–Trinajstić information content (AvgIpc) is 3.27.